The van der Waals surface area contributed by atoms with Crippen LogP contribution >= 0.6 is 0 Å². The Hall–Kier alpha value is -1.55. The largest absolute Gasteiger partial charge is 0.507 e. The van der Waals surface area contributed by atoms with E-state index in [1.807, 2.05) is 0 Å². The lowest BCUT2D eigenvalue weighted by Crippen LogP contribution is -2.00. The molecule has 0 aliphatic heterocycles. The van der Waals surface area contributed by atoms with Crippen LogP contribution < -0.4 is 0 Å². The van der Waals surface area contributed by atoms with Gasteiger partial charge in [-0.3, -0.25) is 0 Å². The Morgan fingerprint density at radius 3 is 2.20 bits per heavy atom. The molecule has 1 rings (SSSR count). The highest BCUT2D eigenvalue weighted by molar-refractivity contribution is 5.92. The fourth-order valence-electron chi connectivity index (χ4n) is 0.756. The van der Waals surface area contributed by atoms with Crippen LogP contribution in [0.5, 0.6) is 5.75 Å². The summed E-state index contributed by atoms with van der Waals surface area (Å²) in [7, 11) is 1.27. The number of rotatable bonds is 1. The van der Waals surface area contributed by atoms with Gasteiger partial charge in [0.2, 0.25) is 0 Å². The zero-order valence-corrected chi connectivity index (χ0v) is 9.10. The summed E-state index contributed by atoms with van der Waals surface area (Å²) in [4.78, 5) is 10.9. The van der Waals surface area contributed by atoms with Crippen molar-refractivity contribution in [3.05, 3.63) is 29.8 Å². The Labute approximate surface area is 89.1 Å². The topological polar surface area (TPSA) is 66.8 Å². The second kappa shape index (κ2) is 6.84. The van der Waals surface area contributed by atoms with Crippen molar-refractivity contribution in [2.24, 2.45) is 0 Å². The number of hydrogen-bond donors (Lipinski definition) is 2. The normalized spacial score (nSPS) is 9.13. The molecule has 0 amide bonds. The number of aliphatic hydroxyl groups is 1. The Bertz CT molecular complexity index is 304. The number of esters is 1. The van der Waals surface area contributed by atoms with Crippen LogP contribution in [0.25, 0.3) is 0 Å². The summed E-state index contributed by atoms with van der Waals surface area (Å²) in [6, 6.07) is 6.24. The van der Waals surface area contributed by atoms with Gasteiger partial charge in [-0.2, -0.15) is 0 Å². The Kier molecular flexibility index (Phi) is 6.13. The molecule has 4 heteroatoms. The molecule has 4 nitrogen and oxygen atoms in total. The van der Waals surface area contributed by atoms with Gasteiger partial charge in [-0.15, -0.1) is 0 Å². The summed E-state index contributed by atoms with van der Waals surface area (Å²) in [6.07, 6.45) is -0.167. The average Bonchev–Trinajstić information content (AvgIpc) is 2.16. The van der Waals surface area contributed by atoms with E-state index in [0.717, 1.165) is 0 Å². The van der Waals surface area contributed by atoms with Crippen molar-refractivity contribution in [3.63, 3.8) is 0 Å². The number of aromatic hydroxyl groups is 1. The highest BCUT2D eigenvalue weighted by atomic mass is 16.5. The molecule has 84 valence electrons. The molecular weight excluding hydrogens is 196 g/mol. The zero-order chi connectivity index (χ0) is 11.8. The van der Waals surface area contributed by atoms with Gasteiger partial charge in [-0.05, 0) is 26.0 Å². The van der Waals surface area contributed by atoms with E-state index in [0.29, 0.717) is 0 Å². The van der Waals surface area contributed by atoms with Crippen LogP contribution in [0, 0.1) is 0 Å². The number of ether oxygens (including phenoxy) is 1. The van der Waals surface area contributed by atoms with Crippen LogP contribution in [0.4, 0.5) is 0 Å². The second-order valence-electron chi connectivity index (χ2n) is 3.10. The highest BCUT2D eigenvalue weighted by Gasteiger charge is 2.08. The Balaban J connectivity index is 0.000000423. The van der Waals surface area contributed by atoms with Gasteiger partial charge < -0.3 is 14.9 Å². The van der Waals surface area contributed by atoms with E-state index in [9.17, 15) is 4.79 Å². The van der Waals surface area contributed by atoms with Gasteiger partial charge in [0.25, 0.3) is 0 Å². The van der Waals surface area contributed by atoms with Crippen LogP contribution in [-0.4, -0.2) is 29.4 Å². The van der Waals surface area contributed by atoms with Crippen molar-refractivity contribution in [3.8, 4) is 5.75 Å². The van der Waals surface area contributed by atoms with E-state index < -0.39 is 5.97 Å². The molecule has 0 spiro atoms. The first-order chi connectivity index (χ1) is 6.99. The van der Waals surface area contributed by atoms with Crippen molar-refractivity contribution in [2.45, 2.75) is 20.0 Å². The molecule has 0 aliphatic rings. The molecule has 0 heterocycles. The van der Waals surface area contributed by atoms with Crippen LogP contribution in [0.15, 0.2) is 24.3 Å². The summed E-state index contributed by atoms with van der Waals surface area (Å²) in [6.45, 7) is 3.44. The highest BCUT2D eigenvalue weighted by Crippen LogP contribution is 2.15. The smallest absolute Gasteiger partial charge is 0.341 e. The van der Waals surface area contributed by atoms with Gasteiger partial charge in [0.15, 0.2) is 0 Å². The Morgan fingerprint density at radius 1 is 1.33 bits per heavy atom. The number of carbonyl (C=O) groups excluding carboxylic acids is 1. The van der Waals surface area contributed by atoms with Gasteiger partial charge in [-0.25, -0.2) is 4.79 Å². The summed E-state index contributed by atoms with van der Waals surface area (Å²) in [5.41, 5.74) is 0.190. The maximum atomic E-state index is 10.9. The molecule has 0 bridgehead atoms. The third-order valence-electron chi connectivity index (χ3n) is 1.31. The van der Waals surface area contributed by atoms with E-state index in [1.165, 1.54) is 19.2 Å². The van der Waals surface area contributed by atoms with Crippen LogP contribution in [0.1, 0.15) is 24.2 Å². The molecule has 0 saturated carbocycles. The number of benzene rings is 1. The number of methoxy groups -OCH3 is 1. The molecule has 0 unspecified atom stereocenters. The minimum absolute atomic E-state index is 0.0562. The maximum absolute atomic E-state index is 10.9. The minimum atomic E-state index is -0.525. The average molecular weight is 212 g/mol. The van der Waals surface area contributed by atoms with Crippen molar-refractivity contribution >= 4 is 5.97 Å². The molecule has 0 aliphatic carbocycles. The monoisotopic (exact) mass is 212 g/mol. The second-order valence-corrected chi connectivity index (χ2v) is 3.10. The molecule has 15 heavy (non-hydrogen) atoms. The number of carbonyl (C=O) groups is 1. The summed E-state index contributed by atoms with van der Waals surface area (Å²) in [5, 5.41) is 17.2. The van der Waals surface area contributed by atoms with Crippen molar-refractivity contribution in [1.82, 2.24) is 0 Å². The van der Waals surface area contributed by atoms with Gasteiger partial charge in [-0.1, -0.05) is 12.1 Å². The molecule has 1 aromatic carbocycles. The summed E-state index contributed by atoms with van der Waals surface area (Å²) >= 11 is 0. The molecule has 0 atom stereocenters. The maximum Gasteiger partial charge on any atom is 0.341 e. The number of aliphatic hydroxyl groups excluding tert-OH is 1. The lowest BCUT2D eigenvalue weighted by Gasteiger charge is -1.99. The van der Waals surface area contributed by atoms with Crippen LogP contribution in [0.3, 0.4) is 0 Å². The molecule has 0 aromatic heterocycles. The molecule has 1 aromatic rings. The van der Waals surface area contributed by atoms with E-state index in [-0.39, 0.29) is 17.4 Å². The molecule has 0 fully saturated rings. The Morgan fingerprint density at radius 2 is 1.80 bits per heavy atom. The predicted molar refractivity (Wildman–Crippen MR) is 56.8 cm³/mol. The summed E-state index contributed by atoms with van der Waals surface area (Å²) in [5.74, 6) is -0.581. The molecule has 2 N–H and O–H groups in total. The van der Waals surface area contributed by atoms with Gasteiger partial charge >= 0.3 is 5.97 Å². The van der Waals surface area contributed by atoms with E-state index in [1.54, 1.807) is 26.0 Å². The number of phenolic OH excluding ortho intramolecular Hbond substituents is 1. The quantitative estimate of drug-likeness (QED) is 0.693. The molecule has 0 saturated heterocycles. The van der Waals surface area contributed by atoms with Gasteiger partial charge in [0, 0.05) is 6.10 Å². The first-order valence-electron chi connectivity index (χ1n) is 4.53. The molecule has 0 radical (unpaired) electrons. The van der Waals surface area contributed by atoms with Gasteiger partial charge in [0.05, 0.1) is 7.11 Å². The zero-order valence-electron chi connectivity index (χ0n) is 9.10. The van der Waals surface area contributed by atoms with Crippen LogP contribution in [0.2, 0.25) is 0 Å². The molecular formula is C11H16O4. The fourth-order valence-corrected chi connectivity index (χ4v) is 0.756. The first-order valence-corrected chi connectivity index (χ1v) is 4.53. The minimum Gasteiger partial charge on any atom is -0.507 e. The fraction of sp³-hybridized carbons (Fsp3) is 0.364. The van der Waals surface area contributed by atoms with Crippen molar-refractivity contribution in [1.29, 1.82) is 0 Å². The number of phenols is 1. The van der Waals surface area contributed by atoms with E-state index >= 15 is 0 Å². The van der Waals surface area contributed by atoms with E-state index in [4.69, 9.17) is 10.2 Å². The van der Waals surface area contributed by atoms with Crippen molar-refractivity contribution in [2.75, 3.05) is 7.11 Å². The van der Waals surface area contributed by atoms with Crippen LogP contribution in [-0.2, 0) is 4.74 Å². The summed E-state index contributed by atoms with van der Waals surface area (Å²) < 4.78 is 4.42. The van der Waals surface area contributed by atoms with E-state index in [2.05, 4.69) is 4.74 Å². The third kappa shape index (κ3) is 5.70. The van der Waals surface area contributed by atoms with Gasteiger partial charge in [0.1, 0.15) is 11.3 Å². The number of hydrogen-bond acceptors (Lipinski definition) is 4. The third-order valence-corrected chi connectivity index (χ3v) is 1.31. The lowest BCUT2D eigenvalue weighted by atomic mass is 10.2. The van der Waals surface area contributed by atoms with Crippen molar-refractivity contribution < 1.29 is 19.7 Å². The first kappa shape index (κ1) is 13.4. The number of para-hydroxylation sites is 1. The SMILES string of the molecule is CC(C)O.COC(=O)c1ccccc1O. The predicted octanol–water partition coefficient (Wildman–Crippen LogP) is 1.57. The standard InChI is InChI=1S/C8H8O3.C3H8O/c1-11-8(10)6-4-2-3-5-7(6)9;1-3(2)4/h2-5,9H,1H3;3-4H,1-2H3. The lowest BCUT2D eigenvalue weighted by molar-refractivity contribution is 0.0597.